The van der Waals surface area contributed by atoms with E-state index in [1.165, 1.54) is 18.6 Å². The molecule has 0 atom stereocenters. The second kappa shape index (κ2) is 7.61. The van der Waals surface area contributed by atoms with Gasteiger partial charge in [-0.3, -0.25) is 0 Å². The number of methoxy groups -OCH3 is 1. The Morgan fingerprint density at radius 3 is 2.81 bits per heavy atom. The number of nitrogens with one attached hydrogen (secondary N) is 2. The normalized spacial score (nSPS) is 15.8. The predicted molar refractivity (Wildman–Crippen MR) is 106 cm³/mol. The van der Waals surface area contributed by atoms with Crippen LogP contribution in [0.3, 0.4) is 0 Å². The van der Waals surface area contributed by atoms with E-state index in [4.69, 9.17) is 9.47 Å². The van der Waals surface area contributed by atoms with E-state index in [9.17, 15) is 0 Å². The van der Waals surface area contributed by atoms with Crippen LogP contribution in [0.25, 0.3) is 0 Å². The van der Waals surface area contributed by atoms with Crippen LogP contribution in [0.2, 0.25) is 0 Å². The standard InChI is InChI=1S/C19H22N6O2/c1-20-18-7-8-21-19(23-18)22-13-5-6-16(26-2)17(10-13)27-11-14-9-15(25-24-14)12-3-4-12/h5-8,10,12H,3-4,9,11H2,1-2H3,(H2,20,21,22,23). The lowest BCUT2D eigenvalue weighted by Gasteiger charge is -2.13. The van der Waals surface area contributed by atoms with Crippen LogP contribution in [0.4, 0.5) is 17.5 Å². The van der Waals surface area contributed by atoms with Crippen molar-refractivity contribution in [1.82, 2.24) is 9.97 Å². The lowest BCUT2D eigenvalue weighted by Crippen LogP contribution is -2.13. The van der Waals surface area contributed by atoms with Crippen LogP contribution in [-0.4, -0.2) is 42.2 Å². The summed E-state index contributed by atoms with van der Waals surface area (Å²) in [5, 5.41) is 14.7. The maximum absolute atomic E-state index is 5.96. The molecule has 1 saturated carbocycles. The number of ether oxygens (including phenoxy) is 2. The van der Waals surface area contributed by atoms with E-state index in [1.807, 2.05) is 25.2 Å². The molecule has 2 heterocycles. The summed E-state index contributed by atoms with van der Waals surface area (Å²) in [5.74, 6) is 3.17. The molecule has 140 valence electrons. The molecular formula is C19H22N6O2. The highest BCUT2D eigenvalue weighted by Crippen LogP contribution is 2.34. The Morgan fingerprint density at radius 1 is 1.15 bits per heavy atom. The van der Waals surface area contributed by atoms with E-state index in [-0.39, 0.29) is 0 Å². The molecule has 2 aliphatic rings. The number of hydrogen-bond donors (Lipinski definition) is 2. The summed E-state index contributed by atoms with van der Waals surface area (Å²) in [6.07, 6.45) is 4.98. The average Bonchev–Trinajstić information content (AvgIpc) is 3.45. The van der Waals surface area contributed by atoms with Gasteiger partial charge in [-0.05, 0) is 37.0 Å². The van der Waals surface area contributed by atoms with Gasteiger partial charge in [0.05, 0.1) is 12.8 Å². The molecule has 2 aromatic rings. The summed E-state index contributed by atoms with van der Waals surface area (Å²) in [6, 6.07) is 7.41. The first-order chi connectivity index (χ1) is 13.2. The minimum atomic E-state index is 0.394. The molecule has 0 saturated heterocycles. The molecule has 8 heteroatoms. The molecule has 1 aromatic carbocycles. The van der Waals surface area contributed by atoms with Crippen molar-refractivity contribution < 1.29 is 9.47 Å². The van der Waals surface area contributed by atoms with Gasteiger partial charge >= 0.3 is 0 Å². The van der Waals surface area contributed by atoms with E-state index < -0.39 is 0 Å². The lowest BCUT2D eigenvalue weighted by molar-refractivity contribution is 0.334. The third-order valence-corrected chi connectivity index (χ3v) is 4.48. The Bertz CT molecular complexity index is 892. The number of anilines is 3. The van der Waals surface area contributed by atoms with Crippen molar-refractivity contribution in [3.05, 3.63) is 30.5 Å². The van der Waals surface area contributed by atoms with Crippen LogP contribution < -0.4 is 20.1 Å². The summed E-state index contributed by atoms with van der Waals surface area (Å²) < 4.78 is 11.4. The van der Waals surface area contributed by atoms with Crippen molar-refractivity contribution in [2.75, 3.05) is 31.4 Å². The molecule has 8 nitrogen and oxygen atoms in total. The molecule has 0 spiro atoms. The largest absolute Gasteiger partial charge is 0.493 e. The molecule has 1 fully saturated rings. The predicted octanol–water partition coefficient (Wildman–Crippen LogP) is 3.26. The van der Waals surface area contributed by atoms with Gasteiger partial charge in [0, 0.05) is 37.1 Å². The van der Waals surface area contributed by atoms with Crippen LogP contribution >= 0.6 is 0 Å². The summed E-state index contributed by atoms with van der Waals surface area (Å²) >= 11 is 0. The number of aromatic nitrogens is 2. The number of hydrogen-bond acceptors (Lipinski definition) is 8. The van der Waals surface area contributed by atoms with Crippen LogP contribution in [0.5, 0.6) is 11.5 Å². The van der Waals surface area contributed by atoms with Gasteiger partial charge in [-0.1, -0.05) is 0 Å². The van der Waals surface area contributed by atoms with Gasteiger partial charge in [0.15, 0.2) is 11.5 Å². The quantitative estimate of drug-likeness (QED) is 0.745. The lowest BCUT2D eigenvalue weighted by atomic mass is 10.1. The van der Waals surface area contributed by atoms with Crippen molar-refractivity contribution in [3.8, 4) is 11.5 Å². The highest BCUT2D eigenvalue weighted by molar-refractivity contribution is 6.09. The zero-order chi connectivity index (χ0) is 18.6. The summed E-state index contributed by atoms with van der Waals surface area (Å²) in [4.78, 5) is 8.58. The molecule has 1 aromatic heterocycles. The molecule has 0 unspecified atom stereocenters. The van der Waals surface area contributed by atoms with Gasteiger partial charge in [0.1, 0.15) is 12.4 Å². The molecular weight excluding hydrogens is 344 g/mol. The highest BCUT2D eigenvalue weighted by atomic mass is 16.5. The molecule has 0 amide bonds. The number of benzene rings is 1. The Labute approximate surface area is 157 Å². The van der Waals surface area contributed by atoms with Crippen molar-refractivity contribution >= 4 is 28.9 Å². The van der Waals surface area contributed by atoms with Crippen LogP contribution in [0.15, 0.2) is 40.7 Å². The van der Waals surface area contributed by atoms with E-state index in [1.54, 1.807) is 19.4 Å². The second-order valence-electron chi connectivity index (χ2n) is 6.50. The Kier molecular flexibility index (Phi) is 4.86. The SMILES string of the molecule is CNc1ccnc(Nc2ccc(OC)c(OCC3=NN=C(C4CC4)C3)c2)n1. The van der Waals surface area contributed by atoms with Gasteiger partial charge in [-0.2, -0.15) is 15.2 Å². The molecule has 0 bridgehead atoms. The minimum absolute atomic E-state index is 0.394. The number of rotatable bonds is 8. The Morgan fingerprint density at radius 2 is 2.04 bits per heavy atom. The molecule has 2 N–H and O–H groups in total. The average molecular weight is 366 g/mol. The van der Waals surface area contributed by atoms with Crippen LogP contribution in [-0.2, 0) is 0 Å². The molecule has 4 rings (SSSR count). The summed E-state index contributed by atoms with van der Waals surface area (Å²) in [6.45, 7) is 0.394. The minimum Gasteiger partial charge on any atom is -0.493 e. The van der Waals surface area contributed by atoms with Crippen LogP contribution in [0.1, 0.15) is 19.3 Å². The first-order valence-corrected chi connectivity index (χ1v) is 8.96. The van der Waals surface area contributed by atoms with Gasteiger partial charge in [-0.25, -0.2) is 4.98 Å². The van der Waals surface area contributed by atoms with Crippen molar-refractivity contribution in [3.63, 3.8) is 0 Å². The zero-order valence-corrected chi connectivity index (χ0v) is 15.4. The Balaban J connectivity index is 1.42. The van der Waals surface area contributed by atoms with Gasteiger partial charge < -0.3 is 20.1 Å². The van der Waals surface area contributed by atoms with Gasteiger partial charge in [-0.15, -0.1) is 0 Å². The maximum atomic E-state index is 5.96. The maximum Gasteiger partial charge on any atom is 0.229 e. The fourth-order valence-electron chi connectivity index (χ4n) is 2.85. The van der Waals surface area contributed by atoms with Gasteiger partial charge in [0.25, 0.3) is 0 Å². The third-order valence-electron chi connectivity index (χ3n) is 4.48. The summed E-state index contributed by atoms with van der Waals surface area (Å²) in [7, 11) is 3.44. The number of nitrogens with zero attached hydrogens (tertiary/aromatic N) is 4. The monoisotopic (exact) mass is 366 g/mol. The topological polar surface area (TPSA) is 93.0 Å². The van der Waals surface area contributed by atoms with Gasteiger partial charge in [0.2, 0.25) is 5.95 Å². The molecule has 1 aliphatic carbocycles. The van der Waals surface area contributed by atoms with E-state index in [2.05, 4.69) is 30.8 Å². The fraction of sp³-hybridized carbons (Fsp3) is 0.368. The highest BCUT2D eigenvalue weighted by Gasteiger charge is 2.30. The first-order valence-electron chi connectivity index (χ1n) is 8.96. The van der Waals surface area contributed by atoms with E-state index in [0.717, 1.165) is 23.6 Å². The zero-order valence-electron chi connectivity index (χ0n) is 15.4. The first kappa shape index (κ1) is 17.3. The fourth-order valence-corrected chi connectivity index (χ4v) is 2.85. The molecule has 27 heavy (non-hydrogen) atoms. The van der Waals surface area contributed by atoms with E-state index in [0.29, 0.717) is 30.0 Å². The molecule has 1 aliphatic heterocycles. The van der Waals surface area contributed by atoms with Crippen molar-refractivity contribution in [2.24, 2.45) is 16.1 Å². The Hall–Kier alpha value is -3.16. The molecule has 0 radical (unpaired) electrons. The van der Waals surface area contributed by atoms with E-state index >= 15 is 0 Å². The van der Waals surface area contributed by atoms with Crippen LogP contribution in [0, 0.1) is 5.92 Å². The second-order valence-corrected chi connectivity index (χ2v) is 6.50. The summed E-state index contributed by atoms with van der Waals surface area (Å²) in [5.41, 5.74) is 2.95. The van der Waals surface area contributed by atoms with Crippen molar-refractivity contribution in [2.45, 2.75) is 19.3 Å². The third kappa shape index (κ3) is 4.16. The van der Waals surface area contributed by atoms with Crippen molar-refractivity contribution in [1.29, 1.82) is 0 Å². The smallest absolute Gasteiger partial charge is 0.229 e.